The van der Waals surface area contributed by atoms with E-state index in [0.29, 0.717) is 17.5 Å². The predicted octanol–water partition coefficient (Wildman–Crippen LogP) is 14.6. The molecule has 3 heterocycles. The lowest BCUT2D eigenvalue weighted by molar-refractivity contribution is 1.08. The Bertz CT molecular complexity index is 3220. The minimum absolute atomic E-state index is 0.652. The third kappa shape index (κ3) is 5.68. The van der Waals surface area contributed by atoms with Crippen molar-refractivity contribution in [3.05, 3.63) is 188 Å². The Hall–Kier alpha value is -6.79. The number of hydrogen-bond donors (Lipinski definition) is 0. The second-order valence-corrected chi connectivity index (χ2v) is 16.1. The fourth-order valence-electron chi connectivity index (χ4n) is 7.76. The van der Waals surface area contributed by atoms with E-state index in [2.05, 4.69) is 164 Å². The van der Waals surface area contributed by atoms with Gasteiger partial charge in [0.15, 0.2) is 17.5 Å². The molecule has 0 unspecified atom stereocenters. The zero-order valence-corrected chi connectivity index (χ0v) is 31.7. The molecule has 0 radical (unpaired) electrons. The fourth-order valence-corrected chi connectivity index (χ4v) is 10.2. The van der Waals surface area contributed by atoms with Crippen molar-refractivity contribution < 1.29 is 0 Å². The molecule has 5 heteroatoms. The van der Waals surface area contributed by atoms with Crippen molar-refractivity contribution in [3.63, 3.8) is 0 Å². The molecule has 0 saturated heterocycles. The van der Waals surface area contributed by atoms with Gasteiger partial charge in [0.2, 0.25) is 0 Å². The van der Waals surface area contributed by atoms with Gasteiger partial charge in [-0.05, 0) is 58.1 Å². The van der Waals surface area contributed by atoms with Crippen LogP contribution in [0.3, 0.4) is 0 Å². The highest BCUT2D eigenvalue weighted by Gasteiger charge is 2.18. The van der Waals surface area contributed by atoms with E-state index in [1.165, 1.54) is 68.2 Å². The van der Waals surface area contributed by atoms with Crippen molar-refractivity contribution in [1.29, 1.82) is 0 Å². The van der Waals surface area contributed by atoms with Crippen LogP contribution in [0, 0.1) is 0 Å². The van der Waals surface area contributed by atoms with Crippen molar-refractivity contribution in [2.24, 2.45) is 0 Å². The third-order valence-electron chi connectivity index (χ3n) is 10.6. The van der Waals surface area contributed by atoms with Crippen LogP contribution in [0.4, 0.5) is 0 Å². The van der Waals surface area contributed by atoms with Gasteiger partial charge in [0, 0.05) is 62.6 Å². The largest absolute Gasteiger partial charge is 0.208 e. The molecule has 0 bridgehead atoms. The summed E-state index contributed by atoms with van der Waals surface area (Å²) in [6.07, 6.45) is 0. The number of fused-ring (bicyclic) bond motifs is 6. The van der Waals surface area contributed by atoms with E-state index in [1.54, 1.807) is 11.3 Å². The van der Waals surface area contributed by atoms with Gasteiger partial charge in [-0.15, -0.1) is 22.7 Å². The van der Waals surface area contributed by atoms with Crippen molar-refractivity contribution >= 4 is 63.0 Å². The standard InChI is InChI=1S/C51H31N3S2/c1-4-13-32(14-5-1)33-23-25-36(26-24-33)50-52-49(35-17-8-3-9-18-35)53-51(54-50)42-21-12-20-41-40-28-27-37(31-46(40)56-47(41)42)38-29-43(34-15-6-2-7-16-34)48-44(30-38)39-19-10-11-22-45(39)55-48/h1-31H. The van der Waals surface area contributed by atoms with E-state index >= 15 is 0 Å². The first kappa shape index (κ1) is 32.6. The summed E-state index contributed by atoms with van der Waals surface area (Å²) in [5.74, 6) is 1.98. The quantitative estimate of drug-likeness (QED) is 0.170. The Labute approximate surface area is 331 Å². The highest BCUT2D eigenvalue weighted by molar-refractivity contribution is 7.26. The summed E-state index contributed by atoms with van der Waals surface area (Å²) in [5, 5.41) is 5.04. The molecule has 0 spiro atoms. The lowest BCUT2D eigenvalue weighted by atomic mass is 9.95. The molecule has 0 aliphatic rings. The van der Waals surface area contributed by atoms with Gasteiger partial charge in [0.25, 0.3) is 0 Å². The highest BCUT2D eigenvalue weighted by Crippen LogP contribution is 2.45. The summed E-state index contributed by atoms with van der Waals surface area (Å²) in [5.41, 5.74) is 10.2. The number of thiophene rings is 2. The number of rotatable bonds is 6. The molecule has 0 aliphatic carbocycles. The molecule has 0 atom stereocenters. The molecule has 3 aromatic heterocycles. The van der Waals surface area contributed by atoms with Crippen LogP contribution in [-0.4, -0.2) is 15.0 Å². The molecular weight excluding hydrogens is 719 g/mol. The van der Waals surface area contributed by atoms with E-state index in [4.69, 9.17) is 15.0 Å². The molecule has 56 heavy (non-hydrogen) atoms. The van der Waals surface area contributed by atoms with E-state index in [0.717, 1.165) is 22.3 Å². The maximum atomic E-state index is 5.16. The monoisotopic (exact) mass is 749 g/mol. The van der Waals surface area contributed by atoms with Gasteiger partial charge in [-0.3, -0.25) is 0 Å². The Balaban J connectivity index is 1.05. The Morgan fingerprint density at radius 3 is 1.54 bits per heavy atom. The molecule has 0 saturated carbocycles. The van der Waals surface area contributed by atoms with Crippen molar-refractivity contribution in [3.8, 4) is 67.5 Å². The van der Waals surface area contributed by atoms with Crippen LogP contribution in [0.1, 0.15) is 0 Å². The van der Waals surface area contributed by atoms with Crippen molar-refractivity contribution in [2.45, 2.75) is 0 Å². The van der Waals surface area contributed by atoms with Gasteiger partial charge >= 0.3 is 0 Å². The molecule has 11 aromatic rings. The number of nitrogens with zero attached hydrogens (tertiary/aromatic N) is 3. The van der Waals surface area contributed by atoms with Crippen LogP contribution in [0.25, 0.3) is 108 Å². The first-order valence-electron chi connectivity index (χ1n) is 18.7. The van der Waals surface area contributed by atoms with Crippen LogP contribution in [0.15, 0.2) is 188 Å². The van der Waals surface area contributed by atoms with Gasteiger partial charge in [-0.2, -0.15) is 0 Å². The molecule has 11 rings (SSSR count). The van der Waals surface area contributed by atoms with E-state index in [-0.39, 0.29) is 0 Å². The van der Waals surface area contributed by atoms with Gasteiger partial charge in [-0.25, -0.2) is 15.0 Å². The molecule has 0 aliphatic heterocycles. The van der Waals surface area contributed by atoms with Crippen LogP contribution in [0.2, 0.25) is 0 Å². The first-order valence-corrected chi connectivity index (χ1v) is 20.3. The van der Waals surface area contributed by atoms with Crippen LogP contribution >= 0.6 is 22.7 Å². The minimum atomic E-state index is 0.652. The average Bonchev–Trinajstić information content (AvgIpc) is 3.85. The highest BCUT2D eigenvalue weighted by atomic mass is 32.1. The summed E-state index contributed by atoms with van der Waals surface area (Å²) < 4.78 is 5.04. The van der Waals surface area contributed by atoms with Crippen molar-refractivity contribution in [1.82, 2.24) is 15.0 Å². The topological polar surface area (TPSA) is 38.7 Å². The lowest BCUT2D eigenvalue weighted by Crippen LogP contribution is -2.00. The molecule has 3 nitrogen and oxygen atoms in total. The van der Waals surface area contributed by atoms with E-state index < -0.39 is 0 Å². The maximum Gasteiger partial charge on any atom is 0.165 e. The number of hydrogen-bond acceptors (Lipinski definition) is 5. The summed E-state index contributed by atoms with van der Waals surface area (Å²) in [6, 6.07) is 66.8. The molecule has 0 N–H and O–H groups in total. The molecule has 0 amide bonds. The maximum absolute atomic E-state index is 5.16. The summed E-state index contributed by atoms with van der Waals surface area (Å²) >= 11 is 3.68. The lowest BCUT2D eigenvalue weighted by Gasteiger charge is -2.10. The number of benzene rings is 8. The third-order valence-corrected chi connectivity index (χ3v) is 13.0. The molecule has 0 fully saturated rings. The Morgan fingerprint density at radius 2 is 0.786 bits per heavy atom. The Morgan fingerprint density at radius 1 is 0.268 bits per heavy atom. The summed E-state index contributed by atoms with van der Waals surface area (Å²) in [6.45, 7) is 0. The minimum Gasteiger partial charge on any atom is -0.208 e. The van der Waals surface area contributed by atoms with Crippen molar-refractivity contribution in [2.75, 3.05) is 0 Å². The predicted molar refractivity (Wildman–Crippen MR) is 238 cm³/mol. The van der Waals surface area contributed by atoms with Crippen LogP contribution in [0.5, 0.6) is 0 Å². The molecule has 8 aromatic carbocycles. The Kier molecular flexibility index (Phi) is 7.87. The smallest absolute Gasteiger partial charge is 0.165 e. The average molecular weight is 750 g/mol. The zero-order valence-electron chi connectivity index (χ0n) is 30.1. The van der Waals surface area contributed by atoms with Gasteiger partial charge in [0.1, 0.15) is 0 Å². The SMILES string of the molecule is c1ccc(-c2ccc(-c3nc(-c4ccccc4)nc(-c4cccc5c4sc4cc(-c6cc(-c7ccccc7)c7sc8ccccc8c7c6)ccc45)n3)cc2)cc1. The summed E-state index contributed by atoms with van der Waals surface area (Å²) in [7, 11) is 0. The van der Waals surface area contributed by atoms with E-state index in [9.17, 15) is 0 Å². The van der Waals surface area contributed by atoms with E-state index in [1.807, 2.05) is 35.6 Å². The first-order chi connectivity index (χ1) is 27.7. The fraction of sp³-hybridized carbons (Fsp3) is 0. The zero-order chi connectivity index (χ0) is 37.0. The second kappa shape index (κ2) is 13.5. The molecule has 262 valence electrons. The summed E-state index contributed by atoms with van der Waals surface area (Å²) in [4.78, 5) is 15.3. The second-order valence-electron chi connectivity index (χ2n) is 14.0. The van der Waals surface area contributed by atoms with Gasteiger partial charge in [0.05, 0.1) is 0 Å². The van der Waals surface area contributed by atoms with Crippen LogP contribution < -0.4 is 0 Å². The van der Waals surface area contributed by atoms with Gasteiger partial charge < -0.3 is 0 Å². The molecular formula is C51H31N3S2. The van der Waals surface area contributed by atoms with Gasteiger partial charge in [-0.1, -0.05) is 158 Å². The normalized spacial score (nSPS) is 11.6. The number of aromatic nitrogens is 3. The van der Waals surface area contributed by atoms with Crippen LogP contribution in [-0.2, 0) is 0 Å².